The van der Waals surface area contributed by atoms with E-state index in [1.165, 1.54) is 0 Å². The number of thiocarbonyl (C=S) groups is 1. The lowest BCUT2D eigenvalue weighted by atomic mass is 10.3. The van der Waals surface area contributed by atoms with E-state index in [1.54, 1.807) is 19.4 Å². The molecule has 3 N–H and O–H groups in total. The van der Waals surface area contributed by atoms with Gasteiger partial charge in [0.1, 0.15) is 16.4 Å². The predicted molar refractivity (Wildman–Crippen MR) is 81.9 cm³/mol. The van der Waals surface area contributed by atoms with Crippen LogP contribution in [0.3, 0.4) is 0 Å². The zero-order valence-corrected chi connectivity index (χ0v) is 12.5. The summed E-state index contributed by atoms with van der Waals surface area (Å²) in [5.74, 6) is 1.15. The standard InChI is InChI=1S/C12H11BrN4OS/c1-18-9-5-7(13)4-8(6-9)16-12-15-3-2-10(17-12)11(14)19/h2-6H,1H3,(H2,14,19)(H,15,16,17). The van der Waals surface area contributed by atoms with Crippen molar-refractivity contribution in [1.82, 2.24) is 9.97 Å². The first-order valence-corrected chi connectivity index (χ1v) is 6.53. The number of hydrogen-bond acceptors (Lipinski definition) is 5. The van der Waals surface area contributed by atoms with Gasteiger partial charge < -0.3 is 15.8 Å². The minimum Gasteiger partial charge on any atom is -0.497 e. The van der Waals surface area contributed by atoms with Gasteiger partial charge in [-0.25, -0.2) is 9.97 Å². The Labute approximate surface area is 124 Å². The zero-order valence-electron chi connectivity index (χ0n) is 10.1. The van der Waals surface area contributed by atoms with Crippen molar-refractivity contribution in [2.45, 2.75) is 0 Å². The monoisotopic (exact) mass is 338 g/mol. The van der Waals surface area contributed by atoms with Crippen molar-refractivity contribution in [3.63, 3.8) is 0 Å². The summed E-state index contributed by atoms with van der Waals surface area (Å²) in [7, 11) is 1.61. The van der Waals surface area contributed by atoms with E-state index in [1.807, 2.05) is 18.2 Å². The summed E-state index contributed by atoms with van der Waals surface area (Å²) in [5, 5.41) is 3.07. The third kappa shape index (κ3) is 3.62. The largest absolute Gasteiger partial charge is 0.497 e. The Morgan fingerprint density at radius 1 is 1.42 bits per heavy atom. The van der Waals surface area contributed by atoms with E-state index in [4.69, 9.17) is 22.7 Å². The molecule has 0 atom stereocenters. The fourth-order valence-corrected chi connectivity index (χ4v) is 2.02. The lowest BCUT2D eigenvalue weighted by molar-refractivity contribution is 0.415. The molecule has 0 aliphatic carbocycles. The second-order valence-electron chi connectivity index (χ2n) is 3.63. The summed E-state index contributed by atoms with van der Waals surface area (Å²) >= 11 is 8.28. The molecule has 1 aromatic carbocycles. The van der Waals surface area contributed by atoms with Crippen LogP contribution in [0.1, 0.15) is 5.69 Å². The highest BCUT2D eigenvalue weighted by atomic mass is 79.9. The molecule has 0 bridgehead atoms. The molecule has 0 aliphatic rings. The number of nitrogens with zero attached hydrogens (tertiary/aromatic N) is 2. The first-order valence-electron chi connectivity index (χ1n) is 5.33. The lowest BCUT2D eigenvalue weighted by Gasteiger charge is -2.08. The summed E-state index contributed by atoms with van der Waals surface area (Å²) in [6.45, 7) is 0. The third-order valence-corrected chi connectivity index (χ3v) is 2.94. The van der Waals surface area contributed by atoms with Crippen LogP contribution in [0.15, 0.2) is 34.9 Å². The molecule has 0 fully saturated rings. The van der Waals surface area contributed by atoms with Gasteiger partial charge in [-0.2, -0.15) is 0 Å². The molecule has 2 aromatic rings. The Morgan fingerprint density at radius 2 is 2.21 bits per heavy atom. The number of nitrogens with two attached hydrogens (primary N) is 1. The highest BCUT2D eigenvalue weighted by Crippen LogP contribution is 2.25. The van der Waals surface area contributed by atoms with E-state index in [0.29, 0.717) is 11.6 Å². The van der Waals surface area contributed by atoms with Gasteiger partial charge in [-0.15, -0.1) is 0 Å². The predicted octanol–water partition coefficient (Wildman–Crippen LogP) is 2.63. The molecule has 0 aliphatic heterocycles. The molecule has 0 saturated carbocycles. The number of anilines is 2. The van der Waals surface area contributed by atoms with Crippen molar-refractivity contribution in [1.29, 1.82) is 0 Å². The van der Waals surface area contributed by atoms with Crippen molar-refractivity contribution < 1.29 is 4.74 Å². The van der Waals surface area contributed by atoms with Crippen LogP contribution in [-0.2, 0) is 0 Å². The van der Waals surface area contributed by atoms with Crippen molar-refractivity contribution >= 4 is 44.8 Å². The Morgan fingerprint density at radius 3 is 2.89 bits per heavy atom. The van der Waals surface area contributed by atoms with Gasteiger partial charge in [0.25, 0.3) is 0 Å². The van der Waals surface area contributed by atoms with Crippen LogP contribution in [-0.4, -0.2) is 22.1 Å². The molecule has 2 rings (SSSR count). The van der Waals surface area contributed by atoms with Gasteiger partial charge in [-0.3, -0.25) is 0 Å². The fourth-order valence-electron chi connectivity index (χ4n) is 1.44. The summed E-state index contributed by atoms with van der Waals surface area (Å²) < 4.78 is 6.07. The maximum atomic E-state index is 5.53. The van der Waals surface area contributed by atoms with E-state index in [9.17, 15) is 0 Å². The second-order valence-corrected chi connectivity index (χ2v) is 4.99. The average molecular weight is 339 g/mol. The number of hydrogen-bond donors (Lipinski definition) is 2. The van der Waals surface area contributed by atoms with E-state index < -0.39 is 0 Å². The molecular formula is C12H11BrN4OS. The molecule has 0 saturated heterocycles. The van der Waals surface area contributed by atoms with Crippen LogP contribution < -0.4 is 15.8 Å². The Hall–Kier alpha value is -1.73. The van der Waals surface area contributed by atoms with Crippen LogP contribution >= 0.6 is 28.1 Å². The molecule has 19 heavy (non-hydrogen) atoms. The van der Waals surface area contributed by atoms with Crippen LogP contribution in [0.25, 0.3) is 0 Å². The lowest BCUT2D eigenvalue weighted by Crippen LogP contribution is -2.12. The molecule has 5 nitrogen and oxygen atoms in total. The summed E-state index contributed by atoms with van der Waals surface area (Å²) in [6, 6.07) is 7.24. The van der Waals surface area contributed by atoms with Crippen LogP contribution in [0.4, 0.5) is 11.6 Å². The summed E-state index contributed by atoms with van der Waals surface area (Å²) in [6.07, 6.45) is 1.60. The number of ether oxygens (including phenoxy) is 1. The van der Waals surface area contributed by atoms with E-state index in [0.717, 1.165) is 15.9 Å². The van der Waals surface area contributed by atoms with Crippen molar-refractivity contribution in [2.75, 3.05) is 12.4 Å². The number of halogens is 1. The third-order valence-electron chi connectivity index (χ3n) is 2.27. The van der Waals surface area contributed by atoms with Crippen LogP contribution in [0.2, 0.25) is 0 Å². The first kappa shape index (κ1) is 13.7. The normalized spacial score (nSPS) is 10.0. The Kier molecular flexibility index (Phi) is 4.28. The quantitative estimate of drug-likeness (QED) is 0.835. The number of aromatic nitrogens is 2. The zero-order chi connectivity index (χ0) is 13.8. The number of rotatable bonds is 4. The molecular weight excluding hydrogens is 328 g/mol. The smallest absolute Gasteiger partial charge is 0.227 e. The maximum Gasteiger partial charge on any atom is 0.227 e. The van der Waals surface area contributed by atoms with Gasteiger partial charge in [0.05, 0.1) is 7.11 Å². The van der Waals surface area contributed by atoms with Gasteiger partial charge in [0.2, 0.25) is 5.95 Å². The maximum absolute atomic E-state index is 5.53. The van der Waals surface area contributed by atoms with Gasteiger partial charge >= 0.3 is 0 Å². The van der Waals surface area contributed by atoms with Gasteiger partial charge in [-0.05, 0) is 18.2 Å². The second kappa shape index (κ2) is 5.94. The first-order chi connectivity index (χ1) is 9.08. The van der Waals surface area contributed by atoms with Gasteiger partial charge in [0.15, 0.2) is 0 Å². The van der Waals surface area contributed by atoms with Crippen LogP contribution in [0, 0.1) is 0 Å². The number of methoxy groups -OCH3 is 1. The SMILES string of the molecule is COc1cc(Br)cc(Nc2nccc(C(N)=S)n2)c1. The molecule has 0 unspecified atom stereocenters. The molecule has 1 aromatic heterocycles. The van der Waals surface area contributed by atoms with E-state index in [2.05, 4.69) is 31.2 Å². The minimum atomic E-state index is 0.234. The highest BCUT2D eigenvalue weighted by Gasteiger charge is 2.04. The van der Waals surface area contributed by atoms with Crippen molar-refractivity contribution in [3.05, 3.63) is 40.6 Å². The fraction of sp³-hybridized carbons (Fsp3) is 0.0833. The van der Waals surface area contributed by atoms with Gasteiger partial charge in [0, 0.05) is 22.4 Å². The average Bonchev–Trinajstić information content (AvgIpc) is 2.38. The molecule has 0 amide bonds. The molecule has 1 heterocycles. The van der Waals surface area contributed by atoms with Gasteiger partial charge in [-0.1, -0.05) is 28.1 Å². The molecule has 0 radical (unpaired) electrons. The van der Waals surface area contributed by atoms with E-state index >= 15 is 0 Å². The van der Waals surface area contributed by atoms with Crippen LogP contribution in [0.5, 0.6) is 5.75 Å². The minimum absolute atomic E-state index is 0.234. The van der Waals surface area contributed by atoms with Crippen molar-refractivity contribution in [3.8, 4) is 5.75 Å². The molecule has 0 spiro atoms. The number of benzene rings is 1. The van der Waals surface area contributed by atoms with Crippen molar-refractivity contribution in [2.24, 2.45) is 5.73 Å². The molecule has 7 heteroatoms. The summed E-state index contributed by atoms with van der Waals surface area (Å²) in [4.78, 5) is 8.55. The highest BCUT2D eigenvalue weighted by molar-refractivity contribution is 9.10. The number of nitrogens with one attached hydrogen (secondary N) is 1. The Balaban J connectivity index is 2.28. The summed E-state index contributed by atoms with van der Waals surface area (Å²) in [5.41, 5.74) is 6.85. The Bertz CT molecular complexity index is 620. The topological polar surface area (TPSA) is 73.1 Å². The van der Waals surface area contributed by atoms with E-state index in [-0.39, 0.29) is 4.99 Å². The molecule has 98 valence electrons.